The molecular formula is C17H22N2O4. The van der Waals surface area contributed by atoms with E-state index in [1.807, 2.05) is 13.8 Å². The third kappa shape index (κ3) is 4.09. The quantitative estimate of drug-likeness (QED) is 0.843. The number of ether oxygens (including phenoxy) is 1. The number of carbonyl (C=O) groups is 3. The molecule has 0 radical (unpaired) electrons. The highest BCUT2D eigenvalue weighted by molar-refractivity contribution is 5.98. The first-order valence-electron chi connectivity index (χ1n) is 7.80. The van der Waals surface area contributed by atoms with Gasteiger partial charge in [-0.2, -0.15) is 0 Å². The fourth-order valence-corrected chi connectivity index (χ4v) is 2.59. The van der Waals surface area contributed by atoms with Crippen molar-refractivity contribution in [1.29, 1.82) is 0 Å². The van der Waals surface area contributed by atoms with Gasteiger partial charge >= 0.3 is 5.97 Å². The molecule has 1 saturated heterocycles. The zero-order valence-corrected chi connectivity index (χ0v) is 13.7. The Morgan fingerprint density at radius 2 is 2.13 bits per heavy atom. The molecule has 0 saturated carbocycles. The summed E-state index contributed by atoms with van der Waals surface area (Å²) in [7, 11) is 0. The summed E-state index contributed by atoms with van der Waals surface area (Å²) < 4.78 is 4.94. The van der Waals surface area contributed by atoms with Crippen molar-refractivity contribution in [1.82, 2.24) is 4.90 Å². The predicted molar refractivity (Wildman–Crippen MR) is 86.0 cm³/mol. The maximum Gasteiger partial charge on any atom is 0.338 e. The minimum atomic E-state index is -0.425. The molecule has 1 atom stereocenters. The first-order chi connectivity index (χ1) is 10.9. The van der Waals surface area contributed by atoms with Gasteiger partial charge < -0.3 is 15.0 Å². The zero-order valence-electron chi connectivity index (χ0n) is 13.7. The minimum Gasteiger partial charge on any atom is -0.462 e. The Balaban J connectivity index is 2.02. The van der Waals surface area contributed by atoms with Crippen molar-refractivity contribution in [2.75, 3.05) is 18.5 Å². The molecule has 124 valence electrons. The van der Waals surface area contributed by atoms with Gasteiger partial charge in [-0.3, -0.25) is 9.59 Å². The summed E-state index contributed by atoms with van der Waals surface area (Å²) in [5, 5.41) is 2.78. The van der Waals surface area contributed by atoms with E-state index in [1.165, 1.54) is 0 Å². The van der Waals surface area contributed by atoms with E-state index >= 15 is 0 Å². The Labute approximate surface area is 135 Å². The van der Waals surface area contributed by atoms with E-state index in [0.717, 1.165) is 0 Å². The maximum atomic E-state index is 12.3. The van der Waals surface area contributed by atoms with Crippen molar-refractivity contribution in [2.45, 2.75) is 33.2 Å². The zero-order chi connectivity index (χ0) is 17.0. The lowest BCUT2D eigenvalue weighted by Crippen LogP contribution is -2.33. The van der Waals surface area contributed by atoms with Crippen molar-refractivity contribution in [2.24, 2.45) is 5.92 Å². The number of benzene rings is 1. The molecular weight excluding hydrogens is 296 g/mol. The van der Waals surface area contributed by atoms with E-state index < -0.39 is 5.97 Å². The van der Waals surface area contributed by atoms with Crippen LogP contribution in [0.25, 0.3) is 0 Å². The minimum absolute atomic E-state index is 0.000393. The second-order valence-corrected chi connectivity index (χ2v) is 5.83. The molecule has 2 amide bonds. The Morgan fingerprint density at radius 3 is 2.74 bits per heavy atom. The average molecular weight is 318 g/mol. The summed E-state index contributed by atoms with van der Waals surface area (Å²) in [6.45, 7) is 6.33. The van der Waals surface area contributed by atoms with Crippen LogP contribution in [-0.2, 0) is 14.3 Å². The number of amides is 2. The Morgan fingerprint density at radius 1 is 1.39 bits per heavy atom. The van der Waals surface area contributed by atoms with Gasteiger partial charge in [0.2, 0.25) is 11.8 Å². The van der Waals surface area contributed by atoms with Crippen LogP contribution in [0.2, 0.25) is 0 Å². The van der Waals surface area contributed by atoms with Crippen LogP contribution in [0.1, 0.15) is 37.6 Å². The number of likely N-dealkylation sites (tertiary alicyclic amines) is 1. The maximum absolute atomic E-state index is 12.3. The molecule has 0 aromatic heterocycles. The van der Waals surface area contributed by atoms with Crippen LogP contribution in [0.4, 0.5) is 5.69 Å². The molecule has 6 nitrogen and oxygen atoms in total. The van der Waals surface area contributed by atoms with Gasteiger partial charge in [-0.1, -0.05) is 6.07 Å². The van der Waals surface area contributed by atoms with Crippen molar-refractivity contribution < 1.29 is 19.1 Å². The van der Waals surface area contributed by atoms with Crippen LogP contribution in [0.3, 0.4) is 0 Å². The molecule has 1 aliphatic heterocycles. The van der Waals surface area contributed by atoms with E-state index in [1.54, 1.807) is 36.1 Å². The number of nitrogens with zero attached hydrogens (tertiary/aromatic N) is 1. The van der Waals surface area contributed by atoms with Crippen LogP contribution >= 0.6 is 0 Å². The molecule has 1 aromatic carbocycles. The lowest BCUT2D eigenvalue weighted by Gasteiger charge is -2.20. The van der Waals surface area contributed by atoms with Gasteiger partial charge in [0, 0.05) is 24.7 Å². The number of esters is 1. The van der Waals surface area contributed by atoms with Gasteiger partial charge in [-0.25, -0.2) is 4.79 Å². The fraction of sp³-hybridized carbons (Fsp3) is 0.471. The smallest absolute Gasteiger partial charge is 0.338 e. The van der Waals surface area contributed by atoms with Crippen molar-refractivity contribution >= 4 is 23.5 Å². The fourth-order valence-electron chi connectivity index (χ4n) is 2.59. The summed E-state index contributed by atoms with van der Waals surface area (Å²) in [5.41, 5.74) is 0.909. The number of hydrogen-bond acceptors (Lipinski definition) is 4. The van der Waals surface area contributed by atoms with Gasteiger partial charge in [0.05, 0.1) is 18.1 Å². The Kier molecular flexibility index (Phi) is 5.36. The first kappa shape index (κ1) is 17.0. The van der Waals surface area contributed by atoms with Gasteiger partial charge in [-0.05, 0) is 39.0 Å². The third-order valence-electron chi connectivity index (χ3n) is 3.79. The monoisotopic (exact) mass is 318 g/mol. The molecule has 1 N–H and O–H groups in total. The SMILES string of the molecule is CCOC(=O)c1cccc(NC(=O)[C@@H]2CC(=O)N(C(C)C)C2)c1. The molecule has 0 aliphatic carbocycles. The Bertz CT molecular complexity index is 612. The molecule has 23 heavy (non-hydrogen) atoms. The number of anilines is 1. The summed E-state index contributed by atoms with van der Waals surface area (Å²) >= 11 is 0. The highest BCUT2D eigenvalue weighted by atomic mass is 16.5. The molecule has 1 fully saturated rings. The third-order valence-corrected chi connectivity index (χ3v) is 3.79. The molecule has 0 spiro atoms. The molecule has 1 heterocycles. The molecule has 0 bridgehead atoms. The average Bonchev–Trinajstić information content (AvgIpc) is 2.90. The summed E-state index contributed by atoms with van der Waals surface area (Å²) in [4.78, 5) is 37.6. The van der Waals surface area contributed by atoms with Crippen LogP contribution in [0.5, 0.6) is 0 Å². The van der Waals surface area contributed by atoms with Crippen LogP contribution in [-0.4, -0.2) is 41.9 Å². The van der Waals surface area contributed by atoms with Crippen LogP contribution in [0.15, 0.2) is 24.3 Å². The first-order valence-corrected chi connectivity index (χ1v) is 7.80. The predicted octanol–water partition coefficient (Wildman–Crippen LogP) is 2.06. The van der Waals surface area contributed by atoms with E-state index in [-0.39, 0.29) is 30.2 Å². The Hall–Kier alpha value is -2.37. The van der Waals surface area contributed by atoms with Gasteiger partial charge in [0.1, 0.15) is 0 Å². The second kappa shape index (κ2) is 7.26. The largest absolute Gasteiger partial charge is 0.462 e. The van der Waals surface area contributed by atoms with Gasteiger partial charge in [0.25, 0.3) is 0 Å². The lowest BCUT2D eigenvalue weighted by molar-refractivity contribution is -0.129. The topological polar surface area (TPSA) is 75.7 Å². The standard InChI is InChI=1S/C17H22N2O4/c1-4-23-17(22)12-6-5-7-14(8-12)18-16(21)13-9-15(20)19(10-13)11(2)3/h5-8,11,13H,4,9-10H2,1-3H3,(H,18,21)/t13-/m1/s1. The molecule has 6 heteroatoms. The number of carbonyl (C=O) groups excluding carboxylic acids is 3. The number of hydrogen-bond donors (Lipinski definition) is 1. The summed E-state index contributed by atoms with van der Waals surface area (Å²) in [5.74, 6) is -0.996. The van der Waals surface area contributed by atoms with Gasteiger partial charge in [0.15, 0.2) is 0 Å². The summed E-state index contributed by atoms with van der Waals surface area (Å²) in [6, 6.07) is 6.69. The highest BCUT2D eigenvalue weighted by Gasteiger charge is 2.35. The van der Waals surface area contributed by atoms with Crippen molar-refractivity contribution in [3.63, 3.8) is 0 Å². The van der Waals surface area contributed by atoms with Crippen LogP contribution in [0, 0.1) is 5.92 Å². The van der Waals surface area contributed by atoms with E-state index in [0.29, 0.717) is 24.4 Å². The molecule has 1 aromatic rings. The van der Waals surface area contributed by atoms with Crippen LogP contribution < -0.4 is 5.32 Å². The second-order valence-electron chi connectivity index (χ2n) is 5.83. The number of rotatable bonds is 5. The number of nitrogens with one attached hydrogen (secondary N) is 1. The normalized spacial score (nSPS) is 17.5. The van der Waals surface area contributed by atoms with E-state index in [2.05, 4.69) is 5.32 Å². The highest BCUT2D eigenvalue weighted by Crippen LogP contribution is 2.22. The van der Waals surface area contributed by atoms with Crippen molar-refractivity contribution in [3.8, 4) is 0 Å². The lowest BCUT2D eigenvalue weighted by atomic mass is 10.1. The van der Waals surface area contributed by atoms with Crippen molar-refractivity contribution in [3.05, 3.63) is 29.8 Å². The van der Waals surface area contributed by atoms with E-state index in [9.17, 15) is 14.4 Å². The van der Waals surface area contributed by atoms with E-state index in [4.69, 9.17) is 4.74 Å². The summed E-state index contributed by atoms with van der Waals surface area (Å²) in [6.07, 6.45) is 0.224. The molecule has 0 unspecified atom stereocenters. The molecule has 1 aliphatic rings. The van der Waals surface area contributed by atoms with Gasteiger partial charge in [-0.15, -0.1) is 0 Å². The molecule has 2 rings (SSSR count).